The van der Waals surface area contributed by atoms with E-state index in [0.717, 1.165) is 13.0 Å². The third-order valence-electron chi connectivity index (χ3n) is 4.62. The van der Waals surface area contributed by atoms with Gasteiger partial charge in [-0.2, -0.15) is 0 Å². The number of ether oxygens (including phenoxy) is 1. The summed E-state index contributed by atoms with van der Waals surface area (Å²) in [5.41, 5.74) is 0. The molecule has 1 aliphatic carbocycles. The van der Waals surface area contributed by atoms with E-state index in [1.54, 1.807) is 0 Å². The number of likely N-dealkylation sites (N-methyl/N-ethyl adjacent to an activating group) is 1. The number of rotatable bonds is 7. The summed E-state index contributed by atoms with van der Waals surface area (Å²) >= 11 is 0. The van der Waals surface area contributed by atoms with Crippen LogP contribution in [0.3, 0.4) is 0 Å². The molecule has 5 nitrogen and oxygen atoms in total. The van der Waals surface area contributed by atoms with Crippen molar-refractivity contribution >= 4 is 11.9 Å². The van der Waals surface area contributed by atoms with Crippen LogP contribution in [0.5, 0.6) is 0 Å². The van der Waals surface area contributed by atoms with E-state index in [1.165, 1.54) is 20.0 Å². The number of carbonyl (C=O) groups excluding carboxylic acids is 2. The molecule has 0 heterocycles. The van der Waals surface area contributed by atoms with Crippen molar-refractivity contribution in [2.75, 3.05) is 27.2 Å². The van der Waals surface area contributed by atoms with Crippen LogP contribution in [0.4, 0.5) is 0 Å². The van der Waals surface area contributed by atoms with Crippen molar-refractivity contribution < 1.29 is 14.3 Å². The van der Waals surface area contributed by atoms with E-state index in [-0.39, 0.29) is 11.9 Å². The lowest BCUT2D eigenvalue weighted by Gasteiger charge is -2.35. The summed E-state index contributed by atoms with van der Waals surface area (Å²) < 4.78 is 4.60. The smallest absolute Gasteiger partial charge is 0.305 e. The van der Waals surface area contributed by atoms with Gasteiger partial charge in [0.15, 0.2) is 0 Å². The highest BCUT2D eigenvalue weighted by atomic mass is 16.5. The molecule has 122 valence electrons. The van der Waals surface area contributed by atoms with Crippen LogP contribution in [0.2, 0.25) is 0 Å². The van der Waals surface area contributed by atoms with Crippen molar-refractivity contribution in [3.63, 3.8) is 0 Å². The zero-order valence-electron chi connectivity index (χ0n) is 13.9. The molecule has 0 spiro atoms. The molecule has 21 heavy (non-hydrogen) atoms. The molecule has 1 aliphatic rings. The number of carbonyl (C=O) groups is 2. The molecule has 1 N–H and O–H groups in total. The Morgan fingerprint density at radius 2 is 2.00 bits per heavy atom. The first kappa shape index (κ1) is 18.0. The highest BCUT2D eigenvalue weighted by Crippen LogP contribution is 2.29. The summed E-state index contributed by atoms with van der Waals surface area (Å²) in [6.07, 6.45) is 4.67. The van der Waals surface area contributed by atoms with Crippen molar-refractivity contribution in [3.8, 4) is 0 Å². The van der Waals surface area contributed by atoms with Gasteiger partial charge in [-0.3, -0.25) is 14.5 Å². The van der Waals surface area contributed by atoms with Crippen LogP contribution >= 0.6 is 0 Å². The number of amides is 1. The first-order valence-electron chi connectivity index (χ1n) is 7.98. The fraction of sp³-hybridized carbons (Fsp3) is 0.875. The molecular weight excluding hydrogens is 268 g/mol. The predicted octanol–water partition coefficient (Wildman–Crippen LogP) is 1.81. The minimum Gasteiger partial charge on any atom is -0.469 e. The largest absolute Gasteiger partial charge is 0.469 e. The molecule has 1 amide bonds. The molecule has 0 aromatic carbocycles. The second-order valence-corrected chi connectivity index (χ2v) is 6.36. The molecule has 0 aromatic heterocycles. The van der Waals surface area contributed by atoms with Crippen LogP contribution in [0.1, 0.15) is 46.0 Å². The second kappa shape index (κ2) is 9.03. The second-order valence-electron chi connectivity index (χ2n) is 6.36. The Balaban J connectivity index is 2.24. The maximum atomic E-state index is 12.1. The van der Waals surface area contributed by atoms with E-state index in [9.17, 15) is 9.59 Å². The minimum atomic E-state index is -0.196. The Morgan fingerprint density at radius 3 is 2.67 bits per heavy atom. The minimum absolute atomic E-state index is 0.0847. The summed E-state index contributed by atoms with van der Waals surface area (Å²) in [7, 11) is 3.30. The van der Waals surface area contributed by atoms with Crippen LogP contribution in [0.25, 0.3) is 0 Å². The van der Waals surface area contributed by atoms with E-state index < -0.39 is 0 Å². The zero-order valence-corrected chi connectivity index (χ0v) is 13.9. The fourth-order valence-corrected chi connectivity index (χ4v) is 2.96. The molecule has 0 saturated heterocycles. The van der Waals surface area contributed by atoms with Gasteiger partial charge in [-0.05, 0) is 38.3 Å². The summed E-state index contributed by atoms with van der Waals surface area (Å²) in [4.78, 5) is 25.1. The number of hydrogen-bond donors (Lipinski definition) is 1. The van der Waals surface area contributed by atoms with Gasteiger partial charge < -0.3 is 10.1 Å². The van der Waals surface area contributed by atoms with Crippen molar-refractivity contribution in [2.24, 2.45) is 11.8 Å². The number of esters is 1. The van der Waals surface area contributed by atoms with Crippen LogP contribution in [-0.2, 0) is 14.3 Å². The van der Waals surface area contributed by atoms with Crippen LogP contribution < -0.4 is 5.32 Å². The number of hydrogen-bond acceptors (Lipinski definition) is 4. The van der Waals surface area contributed by atoms with E-state index in [0.29, 0.717) is 37.3 Å². The summed E-state index contributed by atoms with van der Waals surface area (Å²) in [5, 5.41) is 3.17. The topological polar surface area (TPSA) is 58.6 Å². The molecule has 1 saturated carbocycles. The summed E-state index contributed by atoms with van der Waals surface area (Å²) in [5.74, 6) is 1.12. The number of nitrogens with zero attached hydrogens (tertiary/aromatic N) is 1. The Bertz CT molecular complexity index is 346. The average Bonchev–Trinajstić information content (AvgIpc) is 2.43. The van der Waals surface area contributed by atoms with E-state index in [1.807, 2.05) is 11.9 Å². The Morgan fingerprint density at radius 1 is 1.29 bits per heavy atom. The van der Waals surface area contributed by atoms with E-state index in [2.05, 4.69) is 23.9 Å². The maximum Gasteiger partial charge on any atom is 0.305 e. The van der Waals surface area contributed by atoms with Crippen molar-refractivity contribution in [1.82, 2.24) is 10.2 Å². The molecular formula is C16H30N2O3. The van der Waals surface area contributed by atoms with Gasteiger partial charge in [0.1, 0.15) is 0 Å². The monoisotopic (exact) mass is 298 g/mol. The summed E-state index contributed by atoms with van der Waals surface area (Å²) in [6.45, 7) is 5.61. The lowest BCUT2D eigenvalue weighted by molar-refractivity contribution is -0.140. The van der Waals surface area contributed by atoms with Gasteiger partial charge >= 0.3 is 5.97 Å². The molecule has 5 heteroatoms. The van der Waals surface area contributed by atoms with Gasteiger partial charge in [-0.15, -0.1) is 0 Å². The molecule has 0 aromatic rings. The lowest BCUT2D eigenvalue weighted by Crippen LogP contribution is -2.46. The molecule has 1 rings (SSSR count). The zero-order chi connectivity index (χ0) is 15.8. The van der Waals surface area contributed by atoms with Crippen molar-refractivity contribution in [1.29, 1.82) is 0 Å². The lowest BCUT2D eigenvalue weighted by atomic mass is 9.78. The Labute approximate surface area is 128 Å². The SMILES string of the molecule is COC(=O)CCCN(C)CC(=O)NC1CCCC(C)C1C. The van der Waals surface area contributed by atoms with Gasteiger partial charge in [-0.25, -0.2) is 0 Å². The molecule has 3 atom stereocenters. The van der Waals surface area contributed by atoms with Crippen molar-refractivity contribution in [2.45, 2.75) is 52.0 Å². The first-order valence-corrected chi connectivity index (χ1v) is 7.98. The highest BCUT2D eigenvalue weighted by Gasteiger charge is 2.28. The molecule has 3 unspecified atom stereocenters. The summed E-state index contributed by atoms with van der Waals surface area (Å²) in [6, 6.07) is 0.310. The third kappa shape index (κ3) is 6.46. The molecule has 0 aliphatic heterocycles. The van der Waals surface area contributed by atoms with E-state index in [4.69, 9.17) is 0 Å². The molecule has 0 radical (unpaired) electrons. The highest BCUT2D eigenvalue weighted by molar-refractivity contribution is 5.78. The van der Waals surface area contributed by atoms with Crippen LogP contribution in [-0.4, -0.2) is 50.1 Å². The van der Waals surface area contributed by atoms with Gasteiger partial charge in [0, 0.05) is 12.5 Å². The number of methoxy groups -OCH3 is 1. The fourth-order valence-electron chi connectivity index (χ4n) is 2.96. The van der Waals surface area contributed by atoms with Crippen molar-refractivity contribution in [3.05, 3.63) is 0 Å². The first-order chi connectivity index (χ1) is 9.93. The van der Waals surface area contributed by atoms with Gasteiger partial charge in [0.05, 0.1) is 13.7 Å². The Kier molecular flexibility index (Phi) is 7.72. The molecule has 0 bridgehead atoms. The van der Waals surface area contributed by atoms with E-state index >= 15 is 0 Å². The van der Waals surface area contributed by atoms with Gasteiger partial charge in [0.25, 0.3) is 0 Å². The third-order valence-corrected chi connectivity index (χ3v) is 4.62. The van der Waals surface area contributed by atoms with Gasteiger partial charge in [-0.1, -0.05) is 26.7 Å². The van der Waals surface area contributed by atoms with Crippen LogP contribution in [0.15, 0.2) is 0 Å². The normalized spacial score (nSPS) is 25.7. The number of nitrogens with one attached hydrogen (secondary N) is 1. The predicted molar refractivity (Wildman–Crippen MR) is 82.9 cm³/mol. The average molecular weight is 298 g/mol. The standard InChI is InChI=1S/C16H30N2O3/c1-12-7-5-8-14(13(12)2)17-15(19)11-18(3)10-6-9-16(20)21-4/h12-14H,5-11H2,1-4H3,(H,17,19). The Hall–Kier alpha value is -1.10. The molecule has 1 fully saturated rings. The quantitative estimate of drug-likeness (QED) is 0.728. The van der Waals surface area contributed by atoms with Crippen LogP contribution in [0, 0.1) is 11.8 Å². The maximum absolute atomic E-state index is 12.1. The van der Waals surface area contributed by atoms with Gasteiger partial charge in [0.2, 0.25) is 5.91 Å².